The largest absolute Gasteiger partial charge is 0.481 e. The molecule has 0 radical (unpaired) electrons. The highest BCUT2D eigenvalue weighted by Crippen LogP contribution is 2.44. The quantitative estimate of drug-likeness (QED) is 0.771. The van der Waals surface area contributed by atoms with E-state index in [-0.39, 0.29) is 12.5 Å². The number of nitrogens with one attached hydrogen (secondary N) is 1. The number of halogens is 1. The van der Waals surface area contributed by atoms with Gasteiger partial charge in [0.05, 0.1) is 12.0 Å². The Labute approximate surface area is 162 Å². The van der Waals surface area contributed by atoms with Gasteiger partial charge in [-0.25, -0.2) is 9.18 Å². The molecule has 0 heterocycles. The number of carboxylic acid groups (broad SMARTS) is 1. The van der Waals surface area contributed by atoms with Gasteiger partial charge in [0.25, 0.3) is 0 Å². The summed E-state index contributed by atoms with van der Waals surface area (Å²) >= 11 is 0. The van der Waals surface area contributed by atoms with Gasteiger partial charge in [-0.3, -0.25) is 4.79 Å². The molecule has 0 fully saturated rings. The van der Waals surface area contributed by atoms with E-state index in [4.69, 9.17) is 9.84 Å². The molecule has 2 aromatic carbocycles. The summed E-state index contributed by atoms with van der Waals surface area (Å²) in [5.41, 5.74) is 4.42. The number of carbonyl (C=O) groups excluding carboxylic acids is 1. The molecule has 146 valence electrons. The van der Waals surface area contributed by atoms with E-state index in [1.54, 1.807) is 0 Å². The van der Waals surface area contributed by atoms with E-state index in [2.05, 4.69) is 5.32 Å². The van der Waals surface area contributed by atoms with Crippen LogP contribution in [0.1, 0.15) is 30.9 Å². The second kappa shape index (κ2) is 8.25. The summed E-state index contributed by atoms with van der Waals surface area (Å²) in [4.78, 5) is 22.9. The maximum absolute atomic E-state index is 14.0. The fourth-order valence-corrected chi connectivity index (χ4v) is 3.34. The second-order valence-electron chi connectivity index (χ2n) is 6.87. The third kappa shape index (κ3) is 4.06. The standard InChI is InChI=1S/C22H22FNO4/c1-13(21(25)26)11-20(23)14(2)24-22(27)28-12-19-17-9-5-3-7-15(17)16-8-4-6-10-18(16)19/h3-11,13-14,19H,12H2,1-2H3,(H,24,27)(H,25,26)/b20-11-/t13-,14+/m1/s1. The first-order chi connectivity index (χ1) is 13.4. The summed E-state index contributed by atoms with van der Waals surface area (Å²) in [6.07, 6.45) is 0.220. The molecule has 2 atom stereocenters. The molecular weight excluding hydrogens is 361 g/mol. The summed E-state index contributed by atoms with van der Waals surface area (Å²) in [5.74, 6) is -2.92. The molecule has 1 amide bonds. The van der Waals surface area contributed by atoms with Crippen LogP contribution in [0.5, 0.6) is 0 Å². The average molecular weight is 383 g/mol. The molecular formula is C22H22FNO4. The van der Waals surface area contributed by atoms with Gasteiger partial charge in [0.2, 0.25) is 0 Å². The Morgan fingerprint density at radius 3 is 2.18 bits per heavy atom. The molecule has 6 heteroatoms. The molecule has 0 saturated heterocycles. The Balaban J connectivity index is 1.64. The van der Waals surface area contributed by atoms with E-state index in [9.17, 15) is 14.0 Å². The zero-order chi connectivity index (χ0) is 20.3. The van der Waals surface area contributed by atoms with E-state index in [0.29, 0.717) is 0 Å². The number of carbonyl (C=O) groups is 2. The van der Waals surface area contributed by atoms with Crippen LogP contribution in [-0.4, -0.2) is 29.8 Å². The molecule has 1 aliphatic rings. The van der Waals surface area contributed by atoms with Crippen molar-refractivity contribution in [1.29, 1.82) is 0 Å². The number of rotatable bonds is 6. The normalized spacial score (nSPS) is 15.3. The summed E-state index contributed by atoms with van der Waals surface area (Å²) in [6, 6.07) is 15.0. The predicted molar refractivity (Wildman–Crippen MR) is 104 cm³/mol. The van der Waals surface area contributed by atoms with Gasteiger partial charge in [-0.2, -0.15) is 0 Å². The fraction of sp³-hybridized carbons (Fsp3) is 0.273. The van der Waals surface area contributed by atoms with Crippen LogP contribution in [0, 0.1) is 5.92 Å². The van der Waals surface area contributed by atoms with Gasteiger partial charge in [0.1, 0.15) is 12.4 Å². The van der Waals surface area contributed by atoms with Crippen LogP contribution in [0.3, 0.4) is 0 Å². The van der Waals surface area contributed by atoms with Crippen LogP contribution in [0.15, 0.2) is 60.4 Å². The van der Waals surface area contributed by atoms with Gasteiger partial charge in [0, 0.05) is 5.92 Å². The van der Waals surface area contributed by atoms with Crippen LogP contribution in [0.2, 0.25) is 0 Å². The number of hydrogen-bond donors (Lipinski definition) is 2. The lowest BCUT2D eigenvalue weighted by molar-refractivity contribution is -0.139. The van der Waals surface area contributed by atoms with Crippen LogP contribution < -0.4 is 5.32 Å². The van der Waals surface area contributed by atoms with Crippen LogP contribution in [-0.2, 0) is 9.53 Å². The third-order valence-electron chi connectivity index (χ3n) is 4.89. The minimum atomic E-state index is -1.14. The summed E-state index contributed by atoms with van der Waals surface area (Å²) < 4.78 is 19.4. The number of aliphatic carboxylic acids is 1. The lowest BCUT2D eigenvalue weighted by Crippen LogP contribution is -2.34. The SMILES string of the molecule is C[C@H](/C=C(\F)[C@H](C)NC(=O)OCC1c2ccccc2-c2ccccc21)C(=O)O. The number of ether oxygens (including phenoxy) is 1. The first-order valence-corrected chi connectivity index (χ1v) is 9.10. The molecule has 28 heavy (non-hydrogen) atoms. The van der Waals surface area contributed by atoms with Crippen LogP contribution >= 0.6 is 0 Å². The van der Waals surface area contributed by atoms with Crippen molar-refractivity contribution in [1.82, 2.24) is 5.32 Å². The molecule has 0 saturated carbocycles. The molecule has 0 spiro atoms. The number of hydrogen-bond acceptors (Lipinski definition) is 3. The Morgan fingerprint density at radius 1 is 1.11 bits per heavy atom. The monoisotopic (exact) mass is 383 g/mol. The molecule has 0 bridgehead atoms. The van der Waals surface area contributed by atoms with Gasteiger partial charge >= 0.3 is 12.1 Å². The summed E-state index contributed by atoms with van der Waals surface area (Å²) in [6.45, 7) is 2.92. The minimum absolute atomic E-state index is 0.0825. The smallest absolute Gasteiger partial charge is 0.407 e. The Kier molecular flexibility index (Phi) is 5.78. The molecule has 1 aliphatic carbocycles. The van der Waals surface area contributed by atoms with Crippen molar-refractivity contribution in [2.45, 2.75) is 25.8 Å². The van der Waals surface area contributed by atoms with Crippen LogP contribution in [0.25, 0.3) is 11.1 Å². The molecule has 3 rings (SSSR count). The van der Waals surface area contributed by atoms with Crippen LogP contribution in [0.4, 0.5) is 9.18 Å². The average Bonchev–Trinajstić information content (AvgIpc) is 3.00. The predicted octanol–water partition coefficient (Wildman–Crippen LogP) is 4.49. The molecule has 2 aromatic rings. The highest BCUT2D eigenvalue weighted by atomic mass is 19.1. The van der Waals surface area contributed by atoms with Crippen molar-refractivity contribution < 1.29 is 23.8 Å². The molecule has 0 aliphatic heterocycles. The molecule has 5 nitrogen and oxygen atoms in total. The maximum Gasteiger partial charge on any atom is 0.407 e. The number of alkyl carbamates (subject to hydrolysis) is 1. The van der Waals surface area contributed by atoms with E-state index in [0.717, 1.165) is 28.3 Å². The van der Waals surface area contributed by atoms with E-state index in [1.165, 1.54) is 13.8 Å². The first kappa shape index (κ1) is 19.6. The third-order valence-corrected chi connectivity index (χ3v) is 4.89. The number of carboxylic acids is 1. The first-order valence-electron chi connectivity index (χ1n) is 9.10. The highest BCUT2D eigenvalue weighted by Gasteiger charge is 2.29. The highest BCUT2D eigenvalue weighted by molar-refractivity contribution is 5.79. The molecule has 2 N–H and O–H groups in total. The summed E-state index contributed by atoms with van der Waals surface area (Å²) in [7, 11) is 0. The second-order valence-corrected chi connectivity index (χ2v) is 6.87. The van der Waals surface area contributed by atoms with Crippen molar-refractivity contribution in [3.05, 3.63) is 71.6 Å². The maximum atomic E-state index is 14.0. The fourth-order valence-electron chi connectivity index (χ4n) is 3.34. The number of amides is 1. The number of fused-ring (bicyclic) bond motifs is 3. The van der Waals surface area contributed by atoms with Crippen molar-refractivity contribution >= 4 is 12.1 Å². The lowest BCUT2D eigenvalue weighted by Gasteiger charge is -2.17. The Hall–Kier alpha value is -3.15. The minimum Gasteiger partial charge on any atom is -0.481 e. The van der Waals surface area contributed by atoms with Crippen molar-refractivity contribution in [2.24, 2.45) is 5.92 Å². The van der Waals surface area contributed by atoms with E-state index < -0.39 is 29.8 Å². The Morgan fingerprint density at radius 2 is 1.64 bits per heavy atom. The van der Waals surface area contributed by atoms with E-state index in [1.807, 2.05) is 48.5 Å². The van der Waals surface area contributed by atoms with Crippen molar-refractivity contribution in [3.8, 4) is 11.1 Å². The van der Waals surface area contributed by atoms with Crippen molar-refractivity contribution in [2.75, 3.05) is 6.61 Å². The van der Waals surface area contributed by atoms with Gasteiger partial charge in [-0.15, -0.1) is 0 Å². The molecule has 0 unspecified atom stereocenters. The molecule has 0 aromatic heterocycles. The van der Waals surface area contributed by atoms with Gasteiger partial charge < -0.3 is 15.2 Å². The van der Waals surface area contributed by atoms with Gasteiger partial charge in [0.15, 0.2) is 0 Å². The topological polar surface area (TPSA) is 75.6 Å². The zero-order valence-corrected chi connectivity index (χ0v) is 15.7. The van der Waals surface area contributed by atoms with E-state index >= 15 is 0 Å². The summed E-state index contributed by atoms with van der Waals surface area (Å²) in [5, 5.41) is 11.2. The van der Waals surface area contributed by atoms with Gasteiger partial charge in [-0.1, -0.05) is 48.5 Å². The Bertz CT molecular complexity index is 879. The zero-order valence-electron chi connectivity index (χ0n) is 15.7. The lowest BCUT2D eigenvalue weighted by atomic mass is 9.98. The number of benzene rings is 2. The van der Waals surface area contributed by atoms with Gasteiger partial charge in [-0.05, 0) is 42.2 Å². The van der Waals surface area contributed by atoms with Crippen molar-refractivity contribution in [3.63, 3.8) is 0 Å².